The monoisotopic (exact) mass is 168 g/mol. The van der Waals surface area contributed by atoms with E-state index >= 15 is 0 Å². The molecule has 0 spiro atoms. The summed E-state index contributed by atoms with van der Waals surface area (Å²) in [5.41, 5.74) is 0.507. The lowest BCUT2D eigenvalue weighted by molar-refractivity contribution is -0.131. The van der Waals surface area contributed by atoms with Gasteiger partial charge in [-0.3, -0.25) is 4.79 Å². The number of rotatable bonds is 3. The number of halogens is 1. The van der Waals surface area contributed by atoms with Crippen LogP contribution in [-0.2, 0) is 4.79 Å². The minimum Gasteiger partial charge on any atom is -0.395 e. The van der Waals surface area contributed by atoms with Crippen molar-refractivity contribution in [3.8, 4) is 0 Å². The van der Waals surface area contributed by atoms with Gasteiger partial charge < -0.3 is 5.11 Å². The molecule has 1 aromatic carbocycles. The number of carbonyl (C=O) groups is 1. The van der Waals surface area contributed by atoms with Gasteiger partial charge in [0.25, 0.3) is 0 Å². The number of carbonyl (C=O) groups excluding carboxylic acids is 1. The Morgan fingerprint density at radius 2 is 2.00 bits per heavy atom. The Hall–Kier alpha value is -1.22. The van der Waals surface area contributed by atoms with E-state index in [9.17, 15) is 9.18 Å². The maximum atomic E-state index is 12.3. The normalized spacial score (nSPS) is 12.5. The first-order valence-electron chi connectivity index (χ1n) is 3.61. The summed E-state index contributed by atoms with van der Waals surface area (Å²) in [4.78, 5) is 10.3. The van der Waals surface area contributed by atoms with Crippen LogP contribution in [0.25, 0.3) is 0 Å². The lowest BCUT2D eigenvalue weighted by atomic mass is 10.0. The SMILES string of the molecule is O=C(F)C(CO)c1ccccc1. The van der Waals surface area contributed by atoms with Gasteiger partial charge in [0.1, 0.15) is 0 Å². The molecule has 1 atom stereocenters. The van der Waals surface area contributed by atoms with Gasteiger partial charge in [0, 0.05) is 0 Å². The van der Waals surface area contributed by atoms with Crippen molar-refractivity contribution in [2.75, 3.05) is 6.61 Å². The highest BCUT2D eigenvalue weighted by atomic mass is 19.1. The van der Waals surface area contributed by atoms with E-state index in [1.54, 1.807) is 30.3 Å². The molecule has 1 aromatic rings. The molecule has 0 fully saturated rings. The topological polar surface area (TPSA) is 37.3 Å². The number of aliphatic hydroxyl groups excluding tert-OH is 1. The van der Waals surface area contributed by atoms with Gasteiger partial charge in [-0.05, 0) is 5.56 Å². The zero-order valence-electron chi connectivity index (χ0n) is 6.40. The summed E-state index contributed by atoms with van der Waals surface area (Å²) >= 11 is 0. The van der Waals surface area contributed by atoms with Crippen molar-refractivity contribution < 1.29 is 14.3 Å². The molecule has 0 amide bonds. The highest BCUT2D eigenvalue weighted by Gasteiger charge is 2.18. The molecule has 12 heavy (non-hydrogen) atoms. The van der Waals surface area contributed by atoms with Gasteiger partial charge in [-0.25, -0.2) is 0 Å². The predicted molar refractivity (Wildman–Crippen MR) is 42.4 cm³/mol. The van der Waals surface area contributed by atoms with Crippen molar-refractivity contribution in [2.45, 2.75) is 5.92 Å². The van der Waals surface area contributed by atoms with Gasteiger partial charge in [0.15, 0.2) is 0 Å². The van der Waals surface area contributed by atoms with Crippen molar-refractivity contribution in [3.05, 3.63) is 35.9 Å². The Balaban J connectivity index is 2.88. The standard InChI is InChI=1S/C9H9FO2/c10-9(12)8(6-11)7-4-2-1-3-5-7/h1-5,8,11H,6H2. The molecule has 0 aliphatic rings. The molecule has 1 rings (SSSR count). The number of hydrogen-bond acceptors (Lipinski definition) is 2. The molecular formula is C9H9FO2. The van der Waals surface area contributed by atoms with Crippen LogP contribution < -0.4 is 0 Å². The summed E-state index contributed by atoms with van der Waals surface area (Å²) < 4.78 is 12.3. The minimum absolute atomic E-state index is 0.487. The fourth-order valence-corrected chi connectivity index (χ4v) is 0.994. The van der Waals surface area contributed by atoms with Gasteiger partial charge in [-0.2, -0.15) is 4.39 Å². The fraction of sp³-hybridized carbons (Fsp3) is 0.222. The van der Waals surface area contributed by atoms with Crippen LogP contribution in [0, 0.1) is 0 Å². The third-order valence-corrected chi connectivity index (χ3v) is 1.66. The lowest BCUT2D eigenvalue weighted by Crippen LogP contribution is -2.11. The molecule has 3 heteroatoms. The Morgan fingerprint density at radius 1 is 1.42 bits per heavy atom. The van der Waals surface area contributed by atoms with Crippen molar-refractivity contribution >= 4 is 6.04 Å². The molecule has 0 aromatic heterocycles. The summed E-state index contributed by atoms with van der Waals surface area (Å²) in [7, 11) is 0. The van der Waals surface area contributed by atoms with Gasteiger partial charge >= 0.3 is 6.04 Å². The quantitative estimate of drug-likeness (QED) is 0.690. The second-order valence-corrected chi connectivity index (χ2v) is 2.45. The van der Waals surface area contributed by atoms with Crippen molar-refractivity contribution in [1.82, 2.24) is 0 Å². The average Bonchev–Trinajstić information content (AvgIpc) is 2.07. The number of benzene rings is 1. The van der Waals surface area contributed by atoms with Crippen LogP contribution >= 0.6 is 0 Å². The third kappa shape index (κ3) is 1.89. The molecule has 0 radical (unpaired) electrons. The molecule has 2 nitrogen and oxygen atoms in total. The van der Waals surface area contributed by atoms with E-state index in [1.165, 1.54) is 0 Å². The summed E-state index contributed by atoms with van der Waals surface area (Å²) in [6.45, 7) is -0.487. The van der Waals surface area contributed by atoms with Crippen molar-refractivity contribution in [2.24, 2.45) is 0 Å². The molecule has 0 saturated heterocycles. The zero-order valence-corrected chi connectivity index (χ0v) is 6.40. The molecule has 0 heterocycles. The van der Waals surface area contributed by atoms with E-state index < -0.39 is 18.6 Å². The largest absolute Gasteiger partial charge is 0.395 e. The van der Waals surface area contributed by atoms with Crippen molar-refractivity contribution in [3.63, 3.8) is 0 Å². The molecule has 0 aliphatic heterocycles. The summed E-state index contributed by atoms with van der Waals surface area (Å²) in [6.07, 6.45) is 0. The van der Waals surface area contributed by atoms with Crippen LogP contribution in [-0.4, -0.2) is 17.8 Å². The molecule has 0 aliphatic carbocycles. The second kappa shape index (κ2) is 3.97. The van der Waals surface area contributed by atoms with Crippen LogP contribution in [0.2, 0.25) is 0 Å². The first-order chi connectivity index (χ1) is 5.75. The zero-order chi connectivity index (χ0) is 8.97. The van der Waals surface area contributed by atoms with Crippen LogP contribution in [0.1, 0.15) is 11.5 Å². The maximum Gasteiger partial charge on any atom is 0.311 e. The molecule has 0 saturated carbocycles. The predicted octanol–water partition coefficient (Wildman–Crippen LogP) is 1.26. The number of aliphatic hydroxyl groups is 1. The summed E-state index contributed by atoms with van der Waals surface area (Å²) in [5, 5.41) is 8.69. The Bertz CT molecular complexity index is 258. The molecular weight excluding hydrogens is 159 g/mol. The maximum absolute atomic E-state index is 12.3. The molecule has 0 bridgehead atoms. The Labute approximate surface area is 69.6 Å². The first-order valence-corrected chi connectivity index (χ1v) is 3.61. The highest BCUT2D eigenvalue weighted by Crippen LogP contribution is 2.15. The third-order valence-electron chi connectivity index (χ3n) is 1.66. The molecule has 64 valence electrons. The van der Waals surface area contributed by atoms with Crippen LogP contribution in [0.5, 0.6) is 0 Å². The van der Waals surface area contributed by atoms with Gasteiger partial charge in [0.2, 0.25) is 0 Å². The highest BCUT2D eigenvalue weighted by molar-refractivity contribution is 5.77. The molecule has 1 unspecified atom stereocenters. The minimum atomic E-state index is -1.50. The van der Waals surface area contributed by atoms with E-state index in [1.807, 2.05) is 0 Å². The van der Waals surface area contributed by atoms with Gasteiger partial charge in [-0.15, -0.1) is 0 Å². The Morgan fingerprint density at radius 3 is 2.42 bits per heavy atom. The Kier molecular flexibility index (Phi) is 2.94. The smallest absolute Gasteiger partial charge is 0.311 e. The van der Waals surface area contributed by atoms with Gasteiger partial charge in [-0.1, -0.05) is 30.3 Å². The summed E-state index contributed by atoms with van der Waals surface area (Å²) in [5.74, 6) is -1.02. The lowest BCUT2D eigenvalue weighted by Gasteiger charge is -2.06. The second-order valence-electron chi connectivity index (χ2n) is 2.45. The van der Waals surface area contributed by atoms with E-state index in [0.717, 1.165) is 0 Å². The van der Waals surface area contributed by atoms with E-state index in [2.05, 4.69) is 0 Å². The van der Waals surface area contributed by atoms with Gasteiger partial charge in [0.05, 0.1) is 12.5 Å². The molecule has 1 N–H and O–H groups in total. The van der Waals surface area contributed by atoms with E-state index in [-0.39, 0.29) is 0 Å². The van der Waals surface area contributed by atoms with E-state index in [0.29, 0.717) is 5.56 Å². The van der Waals surface area contributed by atoms with Crippen LogP contribution in [0.15, 0.2) is 30.3 Å². The van der Waals surface area contributed by atoms with Crippen LogP contribution in [0.3, 0.4) is 0 Å². The summed E-state index contributed by atoms with van der Waals surface area (Å²) in [6, 6.07) is 6.88. The fourth-order valence-electron chi connectivity index (χ4n) is 0.994. The average molecular weight is 168 g/mol. The number of hydrogen-bond donors (Lipinski definition) is 1. The van der Waals surface area contributed by atoms with Crippen LogP contribution in [0.4, 0.5) is 4.39 Å². The van der Waals surface area contributed by atoms with Crippen molar-refractivity contribution in [1.29, 1.82) is 0 Å². The van der Waals surface area contributed by atoms with E-state index in [4.69, 9.17) is 5.11 Å². The first kappa shape index (κ1) is 8.87.